The van der Waals surface area contributed by atoms with Crippen LogP contribution in [0.1, 0.15) is 59.9 Å². The smallest absolute Gasteiger partial charge is 0.263 e. The van der Waals surface area contributed by atoms with E-state index in [0.717, 1.165) is 5.56 Å². The van der Waals surface area contributed by atoms with Crippen LogP contribution in [-0.4, -0.2) is 34.1 Å². The first-order valence-electron chi connectivity index (χ1n) is 8.22. The summed E-state index contributed by atoms with van der Waals surface area (Å²) in [5, 5.41) is 16.9. The van der Waals surface area contributed by atoms with Crippen LogP contribution in [0.4, 0.5) is 14.6 Å². The van der Waals surface area contributed by atoms with Gasteiger partial charge in [0.2, 0.25) is 0 Å². The highest BCUT2D eigenvalue weighted by Gasteiger charge is 2.23. The number of nitrogens with one attached hydrogen (secondary N) is 1. The van der Waals surface area contributed by atoms with E-state index in [1.54, 1.807) is 30.8 Å². The minimum Gasteiger partial charge on any atom is -0.390 e. The summed E-state index contributed by atoms with van der Waals surface area (Å²) >= 11 is 0. The number of nitrogens with zero attached hydrogens (tertiary/aromatic N) is 3. The highest BCUT2D eigenvalue weighted by atomic mass is 19.3. The molecule has 0 saturated heterocycles. The van der Waals surface area contributed by atoms with Crippen molar-refractivity contribution in [3.05, 3.63) is 46.6 Å². The standard InChI is InChI=1S/C18H22F2N4O2/c1-4-16(12-5-7-13(8-6-12)17(19)20)24-18(22-11(2)21-3)14(9-25)15(10-26)23-24/h5-9,16-17,26H,4,10H2,1-3H3,(H,21,22). The maximum atomic E-state index is 12.8. The third-order valence-corrected chi connectivity index (χ3v) is 4.18. The minimum atomic E-state index is -2.53. The molecule has 0 spiro atoms. The topological polar surface area (TPSA) is 79.5 Å². The number of aliphatic imine (C=N–C) groups is 1. The zero-order valence-electron chi connectivity index (χ0n) is 14.9. The number of aliphatic hydroxyl groups is 1. The Morgan fingerprint density at radius 2 is 1.96 bits per heavy atom. The molecule has 0 amide bonds. The molecule has 0 radical (unpaired) electrons. The fourth-order valence-corrected chi connectivity index (χ4v) is 2.73. The van der Waals surface area contributed by atoms with Crippen LogP contribution in [0.25, 0.3) is 0 Å². The first-order chi connectivity index (χ1) is 12.5. The molecule has 2 aromatic rings. The molecular formula is C18H22F2N4O2. The van der Waals surface area contributed by atoms with Gasteiger partial charge in [-0.05, 0) is 18.9 Å². The lowest BCUT2D eigenvalue weighted by molar-refractivity contribution is 0.112. The Bertz CT molecular complexity index is 785. The minimum absolute atomic E-state index is 0.0546. The molecule has 0 aliphatic carbocycles. The van der Waals surface area contributed by atoms with Crippen LogP contribution in [0.2, 0.25) is 0 Å². The van der Waals surface area contributed by atoms with Crippen LogP contribution in [-0.2, 0) is 6.61 Å². The molecule has 140 valence electrons. The number of amidine groups is 1. The Hall–Kier alpha value is -2.61. The average molecular weight is 364 g/mol. The van der Waals surface area contributed by atoms with Crippen LogP contribution in [0.3, 0.4) is 0 Å². The summed E-state index contributed by atoms with van der Waals surface area (Å²) in [7, 11) is 1.61. The van der Waals surface area contributed by atoms with E-state index in [1.807, 2.05) is 6.92 Å². The van der Waals surface area contributed by atoms with Gasteiger partial charge in [0.05, 0.1) is 24.0 Å². The summed E-state index contributed by atoms with van der Waals surface area (Å²) < 4.78 is 27.2. The highest BCUT2D eigenvalue weighted by molar-refractivity contribution is 5.97. The molecule has 26 heavy (non-hydrogen) atoms. The second-order valence-electron chi connectivity index (χ2n) is 5.75. The van der Waals surface area contributed by atoms with Crippen molar-refractivity contribution >= 4 is 17.9 Å². The van der Waals surface area contributed by atoms with Crippen LogP contribution in [0, 0.1) is 0 Å². The van der Waals surface area contributed by atoms with Crippen molar-refractivity contribution < 1.29 is 18.7 Å². The lowest BCUT2D eigenvalue weighted by Gasteiger charge is -2.20. The third kappa shape index (κ3) is 3.96. The van der Waals surface area contributed by atoms with Crippen LogP contribution in [0.15, 0.2) is 29.3 Å². The van der Waals surface area contributed by atoms with E-state index < -0.39 is 13.0 Å². The van der Waals surface area contributed by atoms with E-state index in [0.29, 0.717) is 24.4 Å². The number of aliphatic hydroxyl groups excluding tert-OH is 1. The average Bonchev–Trinajstić information content (AvgIpc) is 2.99. The number of rotatable bonds is 7. The van der Waals surface area contributed by atoms with Gasteiger partial charge in [0.15, 0.2) is 6.29 Å². The number of hydrogen-bond acceptors (Lipinski definition) is 4. The zero-order valence-corrected chi connectivity index (χ0v) is 14.9. The molecule has 0 fully saturated rings. The number of alkyl halides is 2. The second kappa shape index (κ2) is 8.66. The van der Waals surface area contributed by atoms with E-state index in [1.165, 1.54) is 12.1 Å². The van der Waals surface area contributed by atoms with Crippen molar-refractivity contribution in [2.75, 3.05) is 12.4 Å². The number of carbonyl (C=O) groups is 1. The lowest BCUT2D eigenvalue weighted by atomic mass is 10.0. The van der Waals surface area contributed by atoms with Crippen molar-refractivity contribution in [2.45, 2.75) is 39.3 Å². The molecule has 8 heteroatoms. The van der Waals surface area contributed by atoms with Gasteiger partial charge in [0.25, 0.3) is 6.43 Å². The molecule has 1 aromatic carbocycles. The van der Waals surface area contributed by atoms with Crippen LogP contribution < -0.4 is 5.32 Å². The molecule has 0 saturated carbocycles. The molecule has 0 aliphatic rings. The molecular weight excluding hydrogens is 342 g/mol. The first-order valence-corrected chi connectivity index (χ1v) is 8.22. The number of carbonyl (C=O) groups excluding carboxylic acids is 1. The molecule has 1 heterocycles. The van der Waals surface area contributed by atoms with E-state index in [4.69, 9.17) is 0 Å². The van der Waals surface area contributed by atoms with Gasteiger partial charge in [0.1, 0.15) is 11.5 Å². The quantitative estimate of drug-likeness (QED) is 0.447. The predicted octanol–water partition coefficient (Wildman–Crippen LogP) is 3.59. The van der Waals surface area contributed by atoms with Crippen molar-refractivity contribution in [3.8, 4) is 0 Å². The Labute approximate surface area is 150 Å². The van der Waals surface area contributed by atoms with E-state index in [-0.39, 0.29) is 22.9 Å². The Kier molecular flexibility index (Phi) is 6.57. The summed E-state index contributed by atoms with van der Waals surface area (Å²) in [6, 6.07) is 5.72. The molecule has 1 atom stereocenters. The van der Waals surface area contributed by atoms with Gasteiger partial charge < -0.3 is 10.4 Å². The molecule has 0 bridgehead atoms. The van der Waals surface area contributed by atoms with Crippen molar-refractivity contribution in [3.63, 3.8) is 0 Å². The highest BCUT2D eigenvalue weighted by Crippen LogP contribution is 2.30. The van der Waals surface area contributed by atoms with E-state index >= 15 is 0 Å². The zero-order chi connectivity index (χ0) is 19.3. The van der Waals surface area contributed by atoms with Gasteiger partial charge in [-0.3, -0.25) is 9.79 Å². The number of aromatic nitrogens is 2. The lowest BCUT2D eigenvalue weighted by Crippen LogP contribution is -2.18. The van der Waals surface area contributed by atoms with Gasteiger partial charge >= 0.3 is 0 Å². The largest absolute Gasteiger partial charge is 0.390 e. The summed E-state index contributed by atoms with van der Waals surface area (Å²) in [6.07, 6.45) is -1.29. The number of halogens is 2. The van der Waals surface area contributed by atoms with Crippen molar-refractivity contribution in [1.29, 1.82) is 0 Å². The van der Waals surface area contributed by atoms with Crippen molar-refractivity contribution in [2.24, 2.45) is 4.99 Å². The summed E-state index contributed by atoms with van der Waals surface area (Å²) in [4.78, 5) is 15.6. The second-order valence-corrected chi connectivity index (χ2v) is 5.75. The maximum absolute atomic E-state index is 12.8. The summed E-state index contributed by atoms with van der Waals surface area (Å²) in [6.45, 7) is 3.28. The number of anilines is 1. The molecule has 1 unspecified atom stereocenters. The molecule has 6 nitrogen and oxygen atoms in total. The maximum Gasteiger partial charge on any atom is 0.263 e. The van der Waals surface area contributed by atoms with E-state index in [9.17, 15) is 18.7 Å². The fraction of sp³-hybridized carbons (Fsp3) is 0.389. The van der Waals surface area contributed by atoms with Gasteiger partial charge in [-0.15, -0.1) is 0 Å². The van der Waals surface area contributed by atoms with Crippen LogP contribution >= 0.6 is 0 Å². The SMILES string of the molecule is CCC(c1ccc(C(F)F)cc1)n1nc(CO)c(C=O)c1NC(C)=NC. The van der Waals surface area contributed by atoms with Gasteiger partial charge in [-0.1, -0.05) is 31.2 Å². The Morgan fingerprint density at radius 1 is 1.35 bits per heavy atom. The van der Waals surface area contributed by atoms with Gasteiger partial charge in [-0.25, -0.2) is 13.5 Å². The predicted molar refractivity (Wildman–Crippen MR) is 96.0 cm³/mol. The van der Waals surface area contributed by atoms with Crippen molar-refractivity contribution in [1.82, 2.24) is 9.78 Å². The molecule has 2 N–H and O–H groups in total. The molecule has 2 rings (SSSR count). The number of benzene rings is 1. The Morgan fingerprint density at radius 3 is 2.42 bits per heavy atom. The normalized spacial score (nSPS) is 13.1. The van der Waals surface area contributed by atoms with E-state index in [2.05, 4.69) is 15.4 Å². The van der Waals surface area contributed by atoms with Gasteiger partial charge in [0, 0.05) is 12.6 Å². The fourth-order valence-electron chi connectivity index (χ4n) is 2.73. The summed E-state index contributed by atoms with van der Waals surface area (Å²) in [5.74, 6) is 0.985. The third-order valence-electron chi connectivity index (χ3n) is 4.18. The monoisotopic (exact) mass is 364 g/mol. The number of hydrogen-bond donors (Lipinski definition) is 2. The molecule has 1 aromatic heterocycles. The summed E-state index contributed by atoms with van der Waals surface area (Å²) in [5.41, 5.74) is 1.21. The Balaban J connectivity index is 2.55. The van der Waals surface area contributed by atoms with Crippen LogP contribution in [0.5, 0.6) is 0 Å². The first kappa shape index (κ1) is 19.7. The number of aldehydes is 1. The van der Waals surface area contributed by atoms with Gasteiger partial charge in [-0.2, -0.15) is 5.10 Å². The molecule has 0 aliphatic heterocycles.